The molecule has 3 heterocycles. The first-order valence-electron chi connectivity index (χ1n) is 5.65. The summed E-state index contributed by atoms with van der Waals surface area (Å²) in [5.74, 6) is -1.06. The minimum Gasteiger partial charge on any atom is -0.476 e. The molecule has 19 heavy (non-hydrogen) atoms. The lowest BCUT2D eigenvalue weighted by Crippen LogP contribution is -1.95. The molecular formula is C13H10N4O2. The molecule has 0 aliphatic heterocycles. The second-order valence-corrected chi connectivity index (χ2v) is 4.11. The molecule has 0 fully saturated rings. The lowest BCUT2D eigenvalue weighted by atomic mass is 10.1. The van der Waals surface area contributed by atoms with Crippen LogP contribution in [0.15, 0.2) is 37.1 Å². The Bertz CT molecular complexity index is 779. The number of aromatic nitrogens is 4. The Morgan fingerprint density at radius 3 is 2.95 bits per heavy atom. The number of hydrogen-bond donors (Lipinski definition) is 1. The van der Waals surface area contributed by atoms with Crippen molar-refractivity contribution in [1.29, 1.82) is 0 Å². The van der Waals surface area contributed by atoms with Gasteiger partial charge in [-0.15, -0.1) is 0 Å². The average Bonchev–Trinajstić information content (AvgIpc) is 2.83. The van der Waals surface area contributed by atoms with Crippen molar-refractivity contribution in [2.24, 2.45) is 0 Å². The molecule has 0 aliphatic carbocycles. The summed E-state index contributed by atoms with van der Waals surface area (Å²) in [5.41, 5.74) is 3.06. The highest BCUT2D eigenvalue weighted by Gasteiger charge is 2.14. The highest BCUT2D eigenvalue weighted by molar-refractivity contribution is 5.88. The van der Waals surface area contributed by atoms with Gasteiger partial charge in [-0.1, -0.05) is 6.07 Å². The van der Waals surface area contributed by atoms with Crippen LogP contribution in [0.3, 0.4) is 0 Å². The number of carboxylic acids is 1. The lowest BCUT2D eigenvalue weighted by Gasteiger charge is -2.05. The second kappa shape index (κ2) is 4.16. The molecule has 94 valence electrons. The fourth-order valence-electron chi connectivity index (χ4n) is 1.98. The van der Waals surface area contributed by atoms with Gasteiger partial charge in [-0.3, -0.25) is 9.38 Å². The minimum atomic E-state index is -1.06. The molecule has 0 radical (unpaired) electrons. The van der Waals surface area contributed by atoms with Crippen LogP contribution in [0.5, 0.6) is 0 Å². The van der Waals surface area contributed by atoms with Gasteiger partial charge in [-0.2, -0.15) is 0 Å². The summed E-state index contributed by atoms with van der Waals surface area (Å²) in [6, 6.07) is 3.74. The number of pyridine rings is 1. The number of nitrogens with zero attached hydrogens (tertiary/aromatic N) is 4. The van der Waals surface area contributed by atoms with Crippen molar-refractivity contribution in [3.05, 3.63) is 48.4 Å². The molecule has 6 heteroatoms. The molecule has 0 bridgehead atoms. The van der Waals surface area contributed by atoms with E-state index in [0.717, 1.165) is 16.8 Å². The molecule has 0 saturated heterocycles. The monoisotopic (exact) mass is 254 g/mol. The van der Waals surface area contributed by atoms with E-state index in [1.165, 1.54) is 12.5 Å². The summed E-state index contributed by atoms with van der Waals surface area (Å²) in [6.45, 7) is 1.89. The molecule has 0 aliphatic rings. The number of fused-ring (bicyclic) bond motifs is 1. The van der Waals surface area contributed by atoms with Crippen molar-refractivity contribution in [2.45, 2.75) is 6.92 Å². The standard InChI is InChI=1S/C13H10N4O2/c1-8-9(3-2-4-15-8)10-5-14-7-17-6-11(13(18)19)16-12(10)17/h2-7H,1H3,(H,18,19). The van der Waals surface area contributed by atoms with E-state index >= 15 is 0 Å². The van der Waals surface area contributed by atoms with Gasteiger partial charge in [0.2, 0.25) is 0 Å². The molecule has 0 amide bonds. The molecule has 3 aromatic heterocycles. The zero-order valence-corrected chi connectivity index (χ0v) is 10.1. The number of aromatic carboxylic acids is 1. The van der Waals surface area contributed by atoms with E-state index in [4.69, 9.17) is 5.11 Å². The van der Waals surface area contributed by atoms with Crippen LogP contribution in [0.1, 0.15) is 16.2 Å². The quantitative estimate of drug-likeness (QED) is 0.754. The first kappa shape index (κ1) is 11.3. The van der Waals surface area contributed by atoms with E-state index < -0.39 is 5.97 Å². The smallest absolute Gasteiger partial charge is 0.356 e. The van der Waals surface area contributed by atoms with E-state index in [-0.39, 0.29) is 5.69 Å². The number of imidazole rings is 1. The summed E-state index contributed by atoms with van der Waals surface area (Å²) >= 11 is 0. The third-order valence-corrected chi connectivity index (χ3v) is 2.88. The van der Waals surface area contributed by atoms with Gasteiger partial charge >= 0.3 is 5.97 Å². The van der Waals surface area contributed by atoms with Crippen molar-refractivity contribution in [3.63, 3.8) is 0 Å². The van der Waals surface area contributed by atoms with Crippen LogP contribution >= 0.6 is 0 Å². The van der Waals surface area contributed by atoms with Gasteiger partial charge < -0.3 is 5.11 Å². The van der Waals surface area contributed by atoms with Crippen LogP contribution in [0.4, 0.5) is 0 Å². The first-order valence-corrected chi connectivity index (χ1v) is 5.65. The number of aryl methyl sites for hydroxylation is 1. The summed E-state index contributed by atoms with van der Waals surface area (Å²) in [7, 11) is 0. The SMILES string of the molecule is Cc1ncccc1-c1cncn2cc(C(=O)O)nc12. The molecule has 6 nitrogen and oxygen atoms in total. The predicted molar refractivity (Wildman–Crippen MR) is 67.9 cm³/mol. The van der Waals surface area contributed by atoms with Crippen molar-refractivity contribution in [1.82, 2.24) is 19.4 Å². The third kappa shape index (κ3) is 1.83. The number of rotatable bonds is 2. The van der Waals surface area contributed by atoms with Crippen molar-refractivity contribution < 1.29 is 9.90 Å². The molecule has 3 aromatic rings. The topological polar surface area (TPSA) is 80.4 Å². The van der Waals surface area contributed by atoms with Gasteiger partial charge in [-0.05, 0) is 13.0 Å². The minimum absolute atomic E-state index is 0.00390. The molecular weight excluding hydrogens is 244 g/mol. The van der Waals surface area contributed by atoms with Gasteiger partial charge in [0.25, 0.3) is 0 Å². The van der Waals surface area contributed by atoms with Crippen LogP contribution in [-0.2, 0) is 0 Å². The van der Waals surface area contributed by atoms with Crippen molar-refractivity contribution >= 4 is 11.6 Å². The van der Waals surface area contributed by atoms with E-state index in [9.17, 15) is 4.79 Å². The summed E-state index contributed by atoms with van der Waals surface area (Å²) in [5, 5.41) is 8.99. The Morgan fingerprint density at radius 2 is 2.21 bits per heavy atom. The fourth-order valence-corrected chi connectivity index (χ4v) is 1.98. The van der Waals surface area contributed by atoms with Crippen LogP contribution in [0.25, 0.3) is 16.8 Å². The van der Waals surface area contributed by atoms with Gasteiger partial charge in [0.05, 0.1) is 0 Å². The maximum absolute atomic E-state index is 11.0. The molecule has 3 rings (SSSR count). The van der Waals surface area contributed by atoms with E-state index in [2.05, 4.69) is 15.0 Å². The highest BCUT2D eigenvalue weighted by Crippen LogP contribution is 2.25. The van der Waals surface area contributed by atoms with Gasteiger partial charge in [0, 0.05) is 35.4 Å². The van der Waals surface area contributed by atoms with Crippen LogP contribution in [0.2, 0.25) is 0 Å². The fraction of sp³-hybridized carbons (Fsp3) is 0.0769. The number of carbonyl (C=O) groups is 1. The Hall–Kier alpha value is -2.76. The van der Waals surface area contributed by atoms with Crippen LogP contribution < -0.4 is 0 Å². The molecule has 0 spiro atoms. The molecule has 0 unspecified atom stereocenters. The largest absolute Gasteiger partial charge is 0.476 e. The molecule has 0 aromatic carbocycles. The Morgan fingerprint density at radius 1 is 1.37 bits per heavy atom. The summed E-state index contributed by atoms with van der Waals surface area (Å²) in [6.07, 6.45) is 6.35. The maximum Gasteiger partial charge on any atom is 0.356 e. The highest BCUT2D eigenvalue weighted by atomic mass is 16.4. The zero-order chi connectivity index (χ0) is 13.4. The zero-order valence-electron chi connectivity index (χ0n) is 10.1. The van der Waals surface area contributed by atoms with Gasteiger partial charge in [0.1, 0.15) is 12.0 Å². The van der Waals surface area contributed by atoms with Gasteiger partial charge in [-0.25, -0.2) is 14.8 Å². The molecule has 0 saturated carbocycles. The Kier molecular flexibility index (Phi) is 2.49. The number of carboxylic acid groups (broad SMARTS) is 1. The van der Waals surface area contributed by atoms with E-state index in [0.29, 0.717) is 5.65 Å². The molecule has 0 atom stereocenters. The molecule has 1 N–H and O–H groups in total. The first-order chi connectivity index (χ1) is 9.16. The lowest BCUT2D eigenvalue weighted by molar-refractivity contribution is 0.0691. The van der Waals surface area contributed by atoms with Crippen molar-refractivity contribution in [3.8, 4) is 11.1 Å². The van der Waals surface area contributed by atoms with Crippen LogP contribution in [0, 0.1) is 6.92 Å². The Labute approximate surface area is 108 Å². The Balaban J connectivity index is 2.30. The van der Waals surface area contributed by atoms with Crippen molar-refractivity contribution in [2.75, 3.05) is 0 Å². The van der Waals surface area contributed by atoms with Crippen LogP contribution in [-0.4, -0.2) is 30.4 Å². The number of hydrogen-bond acceptors (Lipinski definition) is 4. The van der Waals surface area contributed by atoms with Gasteiger partial charge in [0.15, 0.2) is 5.69 Å². The summed E-state index contributed by atoms with van der Waals surface area (Å²) in [4.78, 5) is 23.4. The maximum atomic E-state index is 11.0. The normalized spacial score (nSPS) is 10.8. The summed E-state index contributed by atoms with van der Waals surface area (Å²) < 4.78 is 1.60. The second-order valence-electron chi connectivity index (χ2n) is 4.11. The predicted octanol–water partition coefficient (Wildman–Crippen LogP) is 1.80. The average molecular weight is 254 g/mol. The van der Waals surface area contributed by atoms with E-state index in [1.54, 1.807) is 16.8 Å². The third-order valence-electron chi connectivity index (χ3n) is 2.88. The van der Waals surface area contributed by atoms with E-state index in [1.807, 2.05) is 19.1 Å².